The van der Waals surface area contributed by atoms with E-state index in [1.54, 1.807) is 12.1 Å². The average Bonchev–Trinajstić information content (AvgIpc) is 3.21. The summed E-state index contributed by atoms with van der Waals surface area (Å²) in [7, 11) is 0. The third-order valence-electron chi connectivity index (χ3n) is 6.15. The molecule has 6 nitrogen and oxygen atoms in total. The Kier molecular flexibility index (Phi) is 6.24. The number of amides is 1. The van der Waals surface area contributed by atoms with Crippen molar-refractivity contribution in [1.82, 2.24) is 14.5 Å². The Hall–Kier alpha value is -4.11. The summed E-state index contributed by atoms with van der Waals surface area (Å²) in [5.74, 6) is -1.54. The third-order valence-corrected chi connectivity index (χ3v) is 6.15. The number of benzene rings is 3. The van der Waals surface area contributed by atoms with Gasteiger partial charge in [-0.2, -0.15) is 0 Å². The number of aryl methyl sites for hydroxylation is 1. The summed E-state index contributed by atoms with van der Waals surface area (Å²) in [4.78, 5) is 19.1. The van der Waals surface area contributed by atoms with Crippen LogP contribution in [0.25, 0.3) is 11.3 Å². The van der Waals surface area contributed by atoms with Crippen molar-refractivity contribution in [3.63, 3.8) is 0 Å². The first-order valence-corrected chi connectivity index (χ1v) is 11.4. The Morgan fingerprint density at radius 2 is 1.61 bits per heavy atom. The quantitative estimate of drug-likeness (QED) is 0.407. The summed E-state index contributed by atoms with van der Waals surface area (Å²) in [6.07, 6.45) is -1.71. The number of hydrogen-bond donors (Lipinski definition) is 2. The molecule has 1 atom stereocenters. The number of imidazole rings is 1. The molecule has 9 heteroatoms. The number of nitrogens with zero attached hydrogens (tertiary/aromatic N) is 3. The van der Waals surface area contributed by atoms with Crippen LogP contribution in [0.5, 0.6) is 0 Å². The van der Waals surface area contributed by atoms with Gasteiger partial charge in [0.1, 0.15) is 34.8 Å². The lowest BCUT2D eigenvalue weighted by Gasteiger charge is -2.30. The zero-order valence-corrected chi connectivity index (χ0v) is 19.4. The highest BCUT2D eigenvalue weighted by atomic mass is 19.1. The van der Waals surface area contributed by atoms with Crippen LogP contribution >= 0.6 is 0 Å². The molecule has 184 valence electrons. The van der Waals surface area contributed by atoms with Gasteiger partial charge >= 0.3 is 0 Å². The fourth-order valence-electron chi connectivity index (χ4n) is 4.28. The molecule has 1 unspecified atom stereocenters. The molecule has 0 fully saturated rings. The van der Waals surface area contributed by atoms with Gasteiger partial charge in [-0.1, -0.05) is 17.7 Å². The number of aromatic nitrogens is 2. The average molecular weight is 493 g/mol. The summed E-state index contributed by atoms with van der Waals surface area (Å²) in [5.41, 5.74) is 3.09. The van der Waals surface area contributed by atoms with Gasteiger partial charge in [0.05, 0.1) is 6.54 Å². The Labute approximate surface area is 205 Å². The van der Waals surface area contributed by atoms with Crippen LogP contribution in [0.4, 0.5) is 24.7 Å². The molecule has 1 aliphatic rings. The van der Waals surface area contributed by atoms with Crippen molar-refractivity contribution < 1.29 is 23.1 Å². The third kappa shape index (κ3) is 4.70. The molecule has 0 radical (unpaired) electrons. The molecule has 2 heterocycles. The number of aliphatic hydroxyl groups is 1. The Bertz CT molecular complexity index is 1400. The number of nitrogens with one attached hydrogen (secondary N) is 1. The van der Waals surface area contributed by atoms with Gasteiger partial charge in [0.25, 0.3) is 5.91 Å². The molecule has 2 N–H and O–H groups in total. The van der Waals surface area contributed by atoms with Crippen LogP contribution in [0, 0.1) is 24.4 Å². The van der Waals surface area contributed by atoms with Gasteiger partial charge < -0.3 is 19.9 Å². The standard InChI is InChI=1S/C27H23F3N4O2/c1-16-2-8-22(9-3-16)31-26-24(17-4-6-19(28)7-5-17)32-23-15-33(10-11-34(23)26)27(36)25(35)18-12-20(29)14-21(30)13-18/h2-9,12-14,25,31,35H,10-11,15H2,1H3. The van der Waals surface area contributed by atoms with Crippen LogP contribution in [0.15, 0.2) is 66.7 Å². The molecular weight excluding hydrogens is 469 g/mol. The second kappa shape index (κ2) is 9.50. The second-order valence-corrected chi connectivity index (χ2v) is 8.74. The van der Waals surface area contributed by atoms with E-state index in [0.29, 0.717) is 35.5 Å². The first kappa shape index (κ1) is 23.6. The summed E-state index contributed by atoms with van der Waals surface area (Å²) in [6, 6.07) is 16.4. The monoisotopic (exact) mass is 492 g/mol. The Balaban J connectivity index is 1.47. The van der Waals surface area contributed by atoms with Crippen molar-refractivity contribution in [2.75, 3.05) is 11.9 Å². The maximum atomic E-state index is 13.6. The molecule has 1 amide bonds. The smallest absolute Gasteiger partial charge is 0.256 e. The van der Waals surface area contributed by atoms with Crippen LogP contribution in [0.1, 0.15) is 23.1 Å². The molecule has 1 aliphatic heterocycles. The van der Waals surface area contributed by atoms with E-state index in [1.807, 2.05) is 35.8 Å². The summed E-state index contributed by atoms with van der Waals surface area (Å²) in [6.45, 7) is 2.69. The fourth-order valence-corrected chi connectivity index (χ4v) is 4.28. The molecule has 1 aromatic heterocycles. The molecule has 0 saturated carbocycles. The van der Waals surface area contributed by atoms with Gasteiger partial charge in [0.15, 0.2) is 6.10 Å². The van der Waals surface area contributed by atoms with Crippen LogP contribution < -0.4 is 5.32 Å². The maximum absolute atomic E-state index is 13.6. The van der Waals surface area contributed by atoms with Crippen molar-refractivity contribution in [3.05, 3.63) is 101 Å². The van der Waals surface area contributed by atoms with E-state index in [0.717, 1.165) is 23.4 Å². The molecule has 0 bridgehead atoms. The van der Waals surface area contributed by atoms with Crippen molar-refractivity contribution in [1.29, 1.82) is 0 Å². The minimum atomic E-state index is -1.71. The predicted octanol–water partition coefficient (Wildman–Crippen LogP) is 5.10. The molecule has 0 saturated heterocycles. The second-order valence-electron chi connectivity index (χ2n) is 8.74. The van der Waals surface area contributed by atoms with Crippen LogP contribution in [-0.2, 0) is 17.9 Å². The van der Waals surface area contributed by atoms with Crippen molar-refractivity contribution >= 4 is 17.4 Å². The van der Waals surface area contributed by atoms with E-state index >= 15 is 0 Å². The first-order chi connectivity index (χ1) is 17.3. The Morgan fingerprint density at radius 1 is 0.944 bits per heavy atom. The van der Waals surface area contributed by atoms with Gasteiger partial charge in [-0.05, 0) is 61.0 Å². The van der Waals surface area contributed by atoms with E-state index in [1.165, 1.54) is 17.0 Å². The molecular formula is C27H23F3N4O2. The lowest BCUT2D eigenvalue weighted by molar-refractivity contribution is -0.142. The van der Waals surface area contributed by atoms with Crippen LogP contribution in [0.2, 0.25) is 0 Å². The fraction of sp³-hybridized carbons (Fsp3) is 0.185. The van der Waals surface area contributed by atoms with Gasteiger partial charge in [0, 0.05) is 30.4 Å². The van der Waals surface area contributed by atoms with Crippen molar-refractivity contribution in [2.24, 2.45) is 0 Å². The lowest BCUT2D eigenvalue weighted by atomic mass is 10.1. The van der Waals surface area contributed by atoms with Crippen molar-refractivity contribution in [3.8, 4) is 11.3 Å². The zero-order chi connectivity index (χ0) is 25.4. The number of fused-ring (bicyclic) bond motifs is 1. The number of halogens is 3. The summed E-state index contributed by atoms with van der Waals surface area (Å²) < 4.78 is 42.7. The minimum absolute atomic E-state index is 0.0808. The molecule has 36 heavy (non-hydrogen) atoms. The maximum Gasteiger partial charge on any atom is 0.256 e. The van der Waals surface area contributed by atoms with Gasteiger partial charge in [-0.3, -0.25) is 4.79 Å². The minimum Gasteiger partial charge on any atom is -0.378 e. The number of aliphatic hydroxyl groups excluding tert-OH is 1. The first-order valence-electron chi connectivity index (χ1n) is 11.4. The largest absolute Gasteiger partial charge is 0.378 e. The normalized spacial score (nSPS) is 13.9. The highest BCUT2D eigenvalue weighted by Gasteiger charge is 2.31. The van der Waals surface area contributed by atoms with E-state index in [4.69, 9.17) is 4.98 Å². The Morgan fingerprint density at radius 3 is 2.28 bits per heavy atom. The molecule has 3 aromatic carbocycles. The summed E-state index contributed by atoms with van der Waals surface area (Å²) in [5, 5.41) is 13.9. The van der Waals surface area contributed by atoms with Crippen LogP contribution in [0.3, 0.4) is 0 Å². The number of carbonyl (C=O) groups is 1. The van der Waals surface area contributed by atoms with Crippen molar-refractivity contribution in [2.45, 2.75) is 26.1 Å². The van der Waals surface area contributed by atoms with Gasteiger partial charge in [-0.25, -0.2) is 18.2 Å². The molecule has 0 aliphatic carbocycles. The van der Waals surface area contributed by atoms with Gasteiger partial charge in [0.2, 0.25) is 0 Å². The zero-order valence-electron chi connectivity index (χ0n) is 19.4. The van der Waals surface area contributed by atoms with E-state index in [9.17, 15) is 23.1 Å². The highest BCUT2D eigenvalue weighted by molar-refractivity contribution is 5.82. The molecule has 0 spiro atoms. The summed E-state index contributed by atoms with van der Waals surface area (Å²) >= 11 is 0. The van der Waals surface area contributed by atoms with E-state index in [2.05, 4.69) is 5.32 Å². The number of hydrogen-bond acceptors (Lipinski definition) is 4. The predicted molar refractivity (Wildman–Crippen MR) is 129 cm³/mol. The molecule has 4 aromatic rings. The van der Waals surface area contributed by atoms with Gasteiger partial charge in [-0.15, -0.1) is 0 Å². The topological polar surface area (TPSA) is 70.4 Å². The lowest BCUT2D eigenvalue weighted by Crippen LogP contribution is -2.41. The number of rotatable bonds is 5. The van der Waals surface area contributed by atoms with Crippen LogP contribution in [-0.4, -0.2) is 32.0 Å². The van der Waals surface area contributed by atoms with E-state index in [-0.39, 0.29) is 24.5 Å². The highest BCUT2D eigenvalue weighted by Crippen LogP contribution is 2.34. The number of anilines is 2. The molecule has 5 rings (SSSR count). The van der Waals surface area contributed by atoms with E-state index < -0.39 is 23.6 Å². The SMILES string of the molecule is Cc1ccc(Nc2c(-c3ccc(F)cc3)nc3n2CCN(C(=O)C(O)c2cc(F)cc(F)c2)C3)cc1. The number of carbonyl (C=O) groups excluding carboxylic acids is 1.